The number of thioether (sulfide) groups is 2. The zero-order valence-electron chi connectivity index (χ0n) is 29.8. The molecule has 4 heteroatoms. The summed E-state index contributed by atoms with van der Waals surface area (Å²) in [7, 11) is 0. The van der Waals surface area contributed by atoms with Gasteiger partial charge in [-0.3, -0.25) is 0 Å². The first-order valence-corrected chi connectivity index (χ1v) is 22.1. The molecular formula is C44H60O2S2. The molecule has 260 valence electrons. The van der Waals surface area contributed by atoms with Crippen molar-refractivity contribution in [2.75, 3.05) is 0 Å². The van der Waals surface area contributed by atoms with Crippen LogP contribution in [0.15, 0.2) is 24.3 Å². The minimum atomic E-state index is 0.120. The maximum absolute atomic E-state index is 12.1. The Morgan fingerprint density at radius 1 is 0.521 bits per heavy atom. The number of rotatable bonds is 8. The van der Waals surface area contributed by atoms with Crippen molar-refractivity contribution in [1.82, 2.24) is 0 Å². The lowest BCUT2D eigenvalue weighted by Gasteiger charge is -2.57. The molecule has 2 nitrogen and oxygen atoms in total. The second-order valence-electron chi connectivity index (χ2n) is 18.8. The molecule has 2 N–H and O–H groups in total. The molecule has 2 aromatic carbocycles. The molecule has 0 amide bonds. The molecule has 48 heavy (non-hydrogen) atoms. The highest BCUT2D eigenvalue weighted by Crippen LogP contribution is 2.64. The normalized spacial score (nSPS) is 37.9. The van der Waals surface area contributed by atoms with Gasteiger partial charge in [0.25, 0.3) is 0 Å². The van der Waals surface area contributed by atoms with Crippen molar-refractivity contribution in [3.05, 3.63) is 57.6 Å². The number of benzene rings is 2. The summed E-state index contributed by atoms with van der Waals surface area (Å²) in [4.78, 5) is 0. The lowest BCUT2D eigenvalue weighted by Crippen LogP contribution is -2.48. The fraction of sp³-hybridized carbons (Fsp3) is 0.727. The van der Waals surface area contributed by atoms with Gasteiger partial charge in [0, 0.05) is 33.8 Å². The van der Waals surface area contributed by atoms with Gasteiger partial charge in [-0.15, -0.1) is 23.5 Å². The average molecular weight is 685 g/mol. The molecule has 9 fully saturated rings. The zero-order valence-corrected chi connectivity index (χ0v) is 31.5. The van der Waals surface area contributed by atoms with Gasteiger partial charge in [0.15, 0.2) is 0 Å². The van der Waals surface area contributed by atoms with Crippen LogP contribution in [0.4, 0.5) is 0 Å². The summed E-state index contributed by atoms with van der Waals surface area (Å²) in [5.41, 5.74) is 8.05. The minimum absolute atomic E-state index is 0.120. The summed E-state index contributed by atoms with van der Waals surface area (Å²) in [5.74, 6) is 8.33. The lowest BCUT2D eigenvalue weighted by atomic mass is 9.48. The second-order valence-corrected chi connectivity index (χ2v) is 21.8. The van der Waals surface area contributed by atoms with E-state index in [-0.39, 0.29) is 14.9 Å². The SMILES string of the molecule is Cc1cc(CSC2(SCc3cc(C)cc(C45CC6CC(CC(C6)C4)C5)c3O)CCCCCCC2)c(O)c(C23CC4CC(CC(C4)C2)C3)c1. The van der Waals surface area contributed by atoms with Crippen LogP contribution in [-0.4, -0.2) is 14.3 Å². The summed E-state index contributed by atoms with van der Waals surface area (Å²) in [6.07, 6.45) is 25.5. The van der Waals surface area contributed by atoms with Gasteiger partial charge in [0.2, 0.25) is 0 Å². The van der Waals surface area contributed by atoms with Gasteiger partial charge in [0.05, 0.1) is 4.08 Å². The molecule has 9 aliphatic carbocycles. The van der Waals surface area contributed by atoms with E-state index in [0.29, 0.717) is 11.5 Å². The van der Waals surface area contributed by atoms with Crippen LogP contribution in [-0.2, 0) is 22.3 Å². The Balaban J connectivity index is 0.977. The molecule has 11 rings (SSSR count). The van der Waals surface area contributed by atoms with Crippen LogP contribution in [0.5, 0.6) is 11.5 Å². The Morgan fingerprint density at radius 2 is 0.854 bits per heavy atom. The van der Waals surface area contributed by atoms with E-state index in [0.717, 1.165) is 47.0 Å². The largest absolute Gasteiger partial charge is 0.507 e. The van der Waals surface area contributed by atoms with Gasteiger partial charge in [-0.2, -0.15) is 0 Å². The summed E-state index contributed by atoms with van der Waals surface area (Å²) in [6.45, 7) is 4.53. The van der Waals surface area contributed by atoms with Gasteiger partial charge in [-0.25, -0.2) is 0 Å². The van der Waals surface area contributed by atoms with Gasteiger partial charge >= 0.3 is 0 Å². The minimum Gasteiger partial charge on any atom is -0.507 e. The van der Waals surface area contributed by atoms with E-state index < -0.39 is 0 Å². The number of hydrogen-bond acceptors (Lipinski definition) is 4. The van der Waals surface area contributed by atoms with Crippen molar-refractivity contribution in [3.63, 3.8) is 0 Å². The first kappa shape index (κ1) is 32.6. The van der Waals surface area contributed by atoms with E-state index in [1.165, 1.54) is 155 Å². The summed E-state index contributed by atoms with van der Waals surface area (Å²) in [6, 6.07) is 9.35. The lowest BCUT2D eigenvalue weighted by molar-refractivity contribution is -0.00634. The molecule has 0 atom stereocenters. The monoisotopic (exact) mass is 684 g/mol. The molecule has 0 heterocycles. The van der Waals surface area contributed by atoms with Crippen molar-refractivity contribution >= 4 is 23.5 Å². The van der Waals surface area contributed by atoms with Gasteiger partial charge in [-0.1, -0.05) is 67.5 Å². The van der Waals surface area contributed by atoms with E-state index >= 15 is 0 Å². The number of phenolic OH excluding ortho intramolecular Hbond substituents is 2. The summed E-state index contributed by atoms with van der Waals surface area (Å²) >= 11 is 4.26. The molecular weight excluding hydrogens is 625 g/mol. The van der Waals surface area contributed by atoms with Gasteiger partial charge in [-0.05, 0) is 150 Å². The fourth-order valence-corrected chi connectivity index (χ4v) is 16.9. The number of aromatic hydroxyl groups is 2. The van der Waals surface area contributed by atoms with Crippen LogP contribution in [0, 0.1) is 49.4 Å². The Morgan fingerprint density at radius 3 is 1.21 bits per heavy atom. The summed E-state index contributed by atoms with van der Waals surface area (Å²) in [5, 5.41) is 24.1. The van der Waals surface area contributed by atoms with E-state index in [1.54, 1.807) is 0 Å². The fourth-order valence-electron chi connectivity index (χ4n) is 13.8. The highest BCUT2D eigenvalue weighted by molar-refractivity contribution is 8.17. The highest BCUT2D eigenvalue weighted by atomic mass is 32.2. The summed E-state index contributed by atoms with van der Waals surface area (Å²) < 4.78 is 0.120. The molecule has 0 spiro atoms. The molecule has 0 radical (unpaired) electrons. The molecule has 0 saturated heterocycles. The Labute approximate surface area is 299 Å². The van der Waals surface area contributed by atoms with E-state index in [1.807, 2.05) is 0 Å². The van der Waals surface area contributed by atoms with Crippen LogP contribution >= 0.6 is 23.5 Å². The van der Waals surface area contributed by atoms with E-state index in [2.05, 4.69) is 61.6 Å². The Bertz CT molecular complexity index is 1360. The predicted octanol–water partition coefficient (Wildman–Crippen LogP) is 12.3. The first-order chi connectivity index (χ1) is 23.2. The van der Waals surface area contributed by atoms with Crippen LogP contribution in [0.25, 0.3) is 0 Å². The van der Waals surface area contributed by atoms with Crippen LogP contribution in [0.2, 0.25) is 0 Å². The van der Waals surface area contributed by atoms with Crippen molar-refractivity contribution in [1.29, 1.82) is 0 Å². The molecule has 0 aliphatic heterocycles. The van der Waals surface area contributed by atoms with E-state index in [9.17, 15) is 10.2 Å². The molecule has 0 unspecified atom stereocenters. The Kier molecular flexibility index (Phi) is 8.47. The average Bonchev–Trinajstić information content (AvgIpc) is 3.01. The quantitative estimate of drug-likeness (QED) is 0.272. The molecule has 8 bridgehead atoms. The van der Waals surface area contributed by atoms with Crippen molar-refractivity contribution in [2.24, 2.45) is 35.5 Å². The van der Waals surface area contributed by atoms with Crippen molar-refractivity contribution in [2.45, 2.75) is 162 Å². The van der Waals surface area contributed by atoms with Gasteiger partial charge < -0.3 is 10.2 Å². The van der Waals surface area contributed by atoms with Crippen LogP contribution < -0.4 is 0 Å². The molecule has 9 aliphatic rings. The number of phenols is 2. The Hall–Kier alpha value is -1.26. The van der Waals surface area contributed by atoms with Crippen LogP contribution in [0.3, 0.4) is 0 Å². The van der Waals surface area contributed by atoms with Crippen molar-refractivity contribution in [3.8, 4) is 11.5 Å². The standard InChI is InChI=1S/C44H60O2S2/c1-28-10-36(40(45)38(12-28)42-20-30-14-31(21-42)16-32(15-30)22-42)26-47-44(8-6-4-3-5-7-9-44)48-27-37-11-29(2)13-39(41(37)46)43-23-33-17-34(24-43)19-35(18-33)25-43/h10-13,30-35,45-46H,3-9,14-27H2,1-2H3. The van der Waals surface area contributed by atoms with E-state index in [4.69, 9.17) is 0 Å². The maximum atomic E-state index is 12.1. The third-order valence-electron chi connectivity index (χ3n) is 15.0. The third kappa shape index (κ3) is 5.87. The third-order valence-corrected chi connectivity index (χ3v) is 18.5. The van der Waals surface area contributed by atoms with Gasteiger partial charge in [0.1, 0.15) is 11.5 Å². The second kappa shape index (κ2) is 12.5. The maximum Gasteiger partial charge on any atom is 0.123 e. The van der Waals surface area contributed by atoms with Crippen molar-refractivity contribution < 1.29 is 10.2 Å². The highest BCUT2D eigenvalue weighted by Gasteiger charge is 2.54. The number of aryl methyl sites for hydroxylation is 2. The van der Waals surface area contributed by atoms with Crippen LogP contribution in [0.1, 0.15) is 155 Å². The predicted molar refractivity (Wildman–Crippen MR) is 203 cm³/mol. The smallest absolute Gasteiger partial charge is 0.123 e. The molecule has 9 saturated carbocycles. The zero-order chi connectivity index (χ0) is 32.7. The topological polar surface area (TPSA) is 40.5 Å². The molecule has 2 aromatic rings. The first-order valence-electron chi connectivity index (χ1n) is 20.1. The molecule has 0 aromatic heterocycles. The number of hydrogen-bond donors (Lipinski definition) is 2.